The Labute approximate surface area is 126 Å². The van der Waals surface area contributed by atoms with E-state index in [4.69, 9.17) is 4.98 Å². The molecule has 0 amide bonds. The number of aromatic nitrogens is 2. The molecular weight excluding hydrogens is 260 g/mol. The van der Waals surface area contributed by atoms with E-state index in [1.165, 1.54) is 18.5 Å². The van der Waals surface area contributed by atoms with Gasteiger partial charge in [-0.3, -0.25) is 4.57 Å². The fraction of sp³-hybridized carbons (Fsp3) is 0.471. The zero-order valence-corrected chi connectivity index (χ0v) is 12.9. The number of likely N-dealkylation sites (N-methyl/N-ethyl adjacent to an activating group) is 1. The molecule has 4 nitrogen and oxygen atoms in total. The van der Waals surface area contributed by atoms with Gasteiger partial charge in [-0.15, -0.1) is 0 Å². The second kappa shape index (κ2) is 6.31. The highest BCUT2D eigenvalue weighted by molar-refractivity contribution is 5.45. The summed E-state index contributed by atoms with van der Waals surface area (Å²) < 4.78 is 2.22. The van der Waals surface area contributed by atoms with Crippen molar-refractivity contribution in [3.63, 3.8) is 0 Å². The monoisotopic (exact) mass is 284 g/mol. The van der Waals surface area contributed by atoms with E-state index >= 15 is 0 Å². The number of rotatable bonds is 4. The smallest absolute Gasteiger partial charge is 0.210 e. The highest BCUT2D eigenvalue weighted by Gasteiger charge is 2.22. The Morgan fingerprint density at radius 2 is 2.14 bits per heavy atom. The van der Waals surface area contributed by atoms with Gasteiger partial charge < -0.3 is 10.2 Å². The Kier molecular flexibility index (Phi) is 4.25. The van der Waals surface area contributed by atoms with E-state index in [-0.39, 0.29) is 0 Å². The van der Waals surface area contributed by atoms with Crippen LogP contribution in [0.4, 0.5) is 5.95 Å². The maximum Gasteiger partial charge on any atom is 0.210 e. The van der Waals surface area contributed by atoms with E-state index in [1.54, 1.807) is 0 Å². The van der Waals surface area contributed by atoms with Gasteiger partial charge in [0.1, 0.15) is 0 Å². The molecule has 1 atom stereocenters. The Hall–Kier alpha value is -1.81. The predicted molar refractivity (Wildman–Crippen MR) is 87.2 cm³/mol. The van der Waals surface area contributed by atoms with Gasteiger partial charge >= 0.3 is 0 Å². The van der Waals surface area contributed by atoms with Crippen molar-refractivity contribution in [3.05, 3.63) is 42.2 Å². The van der Waals surface area contributed by atoms with E-state index in [1.807, 2.05) is 0 Å². The molecule has 0 aliphatic carbocycles. The van der Waals surface area contributed by atoms with Crippen molar-refractivity contribution in [3.8, 4) is 5.69 Å². The molecule has 1 N–H and O–H groups in total. The highest BCUT2D eigenvalue weighted by atomic mass is 15.3. The number of hydrogen-bond acceptors (Lipinski definition) is 3. The Balaban J connectivity index is 1.95. The summed E-state index contributed by atoms with van der Waals surface area (Å²) >= 11 is 0. The molecule has 0 saturated carbocycles. The van der Waals surface area contributed by atoms with Gasteiger partial charge in [-0.1, -0.05) is 25.1 Å². The molecule has 2 aromatic rings. The zero-order valence-electron chi connectivity index (χ0n) is 12.9. The third-order valence-corrected chi connectivity index (χ3v) is 4.27. The van der Waals surface area contributed by atoms with Crippen molar-refractivity contribution in [1.29, 1.82) is 0 Å². The summed E-state index contributed by atoms with van der Waals surface area (Å²) in [5.74, 6) is 1.05. The van der Waals surface area contributed by atoms with E-state index in [0.29, 0.717) is 6.04 Å². The summed E-state index contributed by atoms with van der Waals surface area (Å²) in [5, 5.41) is 3.49. The topological polar surface area (TPSA) is 33.1 Å². The molecule has 4 heteroatoms. The molecule has 1 aliphatic heterocycles. The lowest BCUT2D eigenvalue weighted by molar-refractivity contribution is 0.440. The molecule has 1 saturated heterocycles. The first kappa shape index (κ1) is 14.1. The molecule has 3 rings (SSSR count). The van der Waals surface area contributed by atoms with Gasteiger partial charge in [-0.05, 0) is 37.9 Å². The maximum atomic E-state index is 4.84. The summed E-state index contributed by atoms with van der Waals surface area (Å²) in [7, 11) is 2.17. The quantitative estimate of drug-likeness (QED) is 0.937. The standard InChI is InChI=1S/C17H24N4/c1-3-14-13-21(15-8-5-4-6-9-15)17(19-14)20(2)16-10-7-11-18-12-16/h4-6,8-9,13,16,18H,3,7,10-12H2,1-2H3. The van der Waals surface area contributed by atoms with E-state index in [0.717, 1.165) is 31.2 Å². The zero-order chi connectivity index (χ0) is 14.7. The second-order valence-corrected chi connectivity index (χ2v) is 5.70. The van der Waals surface area contributed by atoms with Gasteiger partial charge in [0, 0.05) is 31.5 Å². The Bertz CT molecular complexity index is 570. The average Bonchev–Trinajstić information content (AvgIpc) is 3.00. The van der Waals surface area contributed by atoms with Crippen LogP contribution in [0.25, 0.3) is 5.69 Å². The molecule has 2 heterocycles. The van der Waals surface area contributed by atoms with Crippen LogP contribution in [0.3, 0.4) is 0 Å². The minimum Gasteiger partial charge on any atom is -0.341 e. The van der Waals surface area contributed by atoms with Gasteiger partial charge in [0.2, 0.25) is 5.95 Å². The van der Waals surface area contributed by atoms with Crippen LogP contribution in [-0.2, 0) is 6.42 Å². The van der Waals surface area contributed by atoms with Crippen LogP contribution in [0.5, 0.6) is 0 Å². The molecule has 0 bridgehead atoms. The summed E-state index contributed by atoms with van der Waals surface area (Å²) in [5.41, 5.74) is 2.32. The minimum atomic E-state index is 0.522. The summed E-state index contributed by atoms with van der Waals surface area (Å²) in [6.45, 7) is 4.33. The van der Waals surface area contributed by atoms with E-state index in [2.05, 4.69) is 65.3 Å². The Morgan fingerprint density at radius 1 is 1.33 bits per heavy atom. The first-order valence-corrected chi connectivity index (χ1v) is 7.87. The molecule has 1 aromatic carbocycles. The summed E-state index contributed by atoms with van der Waals surface area (Å²) in [6.07, 6.45) is 5.59. The van der Waals surface area contributed by atoms with Crippen LogP contribution in [0.2, 0.25) is 0 Å². The number of nitrogens with zero attached hydrogens (tertiary/aromatic N) is 3. The van der Waals surface area contributed by atoms with Gasteiger partial charge in [0.25, 0.3) is 0 Å². The van der Waals surface area contributed by atoms with Crippen molar-refractivity contribution >= 4 is 5.95 Å². The lowest BCUT2D eigenvalue weighted by Crippen LogP contribution is -2.45. The molecule has 1 aromatic heterocycles. The first-order valence-electron chi connectivity index (χ1n) is 7.87. The third kappa shape index (κ3) is 2.95. The van der Waals surface area contributed by atoms with Gasteiger partial charge in [0.15, 0.2) is 0 Å². The fourth-order valence-electron chi connectivity index (χ4n) is 2.94. The first-order chi connectivity index (χ1) is 10.3. The van der Waals surface area contributed by atoms with E-state index in [9.17, 15) is 0 Å². The average molecular weight is 284 g/mol. The van der Waals surface area contributed by atoms with Crippen LogP contribution in [0, 0.1) is 0 Å². The largest absolute Gasteiger partial charge is 0.341 e. The van der Waals surface area contributed by atoms with Crippen molar-refractivity contribution < 1.29 is 0 Å². The van der Waals surface area contributed by atoms with Crippen molar-refractivity contribution in [1.82, 2.24) is 14.9 Å². The third-order valence-electron chi connectivity index (χ3n) is 4.27. The summed E-state index contributed by atoms with van der Waals surface area (Å²) in [4.78, 5) is 7.17. The Morgan fingerprint density at radius 3 is 2.81 bits per heavy atom. The molecule has 1 fully saturated rings. The van der Waals surface area contributed by atoms with Crippen molar-refractivity contribution in [2.45, 2.75) is 32.2 Å². The second-order valence-electron chi connectivity index (χ2n) is 5.70. The molecule has 1 unspecified atom stereocenters. The van der Waals surface area contributed by atoms with Gasteiger partial charge in [0.05, 0.1) is 5.69 Å². The normalized spacial score (nSPS) is 18.7. The number of piperidine rings is 1. The summed E-state index contributed by atoms with van der Waals surface area (Å²) in [6, 6.07) is 11.0. The molecule has 21 heavy (non-hydrogen) atoms. The number of para-hydroxylation sites is 1. The number of aryl methyl sites for hydroxylation is 1. The van der Waals surface area contributed by atoms with Gasteiger partial charge in [-0.25, -0.2) is 4.98 Å². The SMILES string of the molecule is CCc1cn(-c2ccccc2)c(N(C)C2CCCNC2)n1. The molecule has 1 aliphatic rings. The maximum absolute atomic E-state index is 4.84. The van der Waals surface area contributed by atoms with Crippen LogP contribution in [0.15, 0.2) is 36.5 Å². The molecular formula is C17H24N4. The number of benzene rings is 1. The highest BCUT2D eigenvalue weighted by Crippen LogP contribution is 2.23. The molecule has 112 valence electrons. The van der Waals surface area contributed by atoms with Crippen molar-refractivity contribution in [2.24, 2.45) is 0 Å². The molecule has 0 spiro atoms. The lowest BCUT2D eigenvalue weighted by Gasteiger charge is -2.32. The van der Waals surface area contributed by atoms with Gasteiger partial charge in [-0.2, -0.15) is 0 Å². The number of anilines is 1. The van der Waals surface area contributed by atoms with Crippen molar-refractivity contribution in [2.75, 3.05) is 25.0 Å². The molecule has 0 radical (unpaired) electrons. The minimum absolute atomic E-state index is 0.522. The number of imidazole rings is 1. The van der Waals surface area contributed by atoms with Crippen LogP contribution >= 0.6 is 0 Å². The number of hydrogen-bond donors (Lipinski definition) is 1. The van der Waals surface area contributed by atoms with Crippen LogP contribution in [-0.4, -0.2) is 35.7 Å². The van der Waals surface area contributed by atoms with Crippen LogP contribution < -0.4 is 10.2 Å². The number of nitrogens with one attached hydrogen (secondary N) is 1. The fourth-order valence-corrected chi connectivity index (χ4v) is 2.94. The van der Waals surface area contributed by atoms with Crippen LogP contribution in [0.1, 0.15) is 25.5 Å². The predicted octanol–water partition coefficient (Wildman–Crippen LogP) is 2.62. The lowest BCUT2D eigenvalue weighted by atomic mass is 10.1. The van der Waals surface area contributed by atoms with E-state index < -0.39 is 0 Å².